The van der Waals surface area contributed by atoms with Gasteiger partial charge in [-0.3, -0.25) is 14.4 Å². The number of hydrogen-bond acceptors (Lipinski definition) is 7. The van der Waals surface area contributed by atoms with E-state index in [1.807, 2.05) is 0 Å². The zero-order valence-corrected chi connectivity index (χ0v) is 18.9. The van der Waals surface area contributed by atoms with Crippen LogP contribution < -0.4 is 20.3 Å². The molecule has 1 fully saturated rings. The quantitative estimate of drug-likeness (QED) is 0.610. The summed E-state index contributed by atoms with van der Waals surface area (Å²) in [6.45, 7) is 2.72. The van der Waals surface area contributed by atoms with E-state index in [2.05, 4.69) is 15.3 Å². The first-order chi connectivity index (χ1) is 15.4. The zero-order chi connectivity index (χ0) is 22.8. The van der Waals surface area contributed by atoms with Crippen LogP contribution in [0.25, 0.3) is 10.2 Å². The number of thiophene rings is 1. The van der Waals surface area contributed by atoms with Crippen LogP contribution in [0.15, 0.2) is 29.3 Å². The summed E-state index contributed by atoms with van der Waals surface area (Å²) < 4.78 is 10.5. The SMILES string of the molecule is COc1ccc(NC(=O)C2CCN(C(=O)c3sc4nc[nH]c(=O)c4c3C)CC2)cc1OC. The average molecular weight is 457 g/mol. The molecule has 9 nitrogen and oxygen atoms in total. The largest absolute Gasteiger partial charge is 0.493 e. The van der Waals surface area contributed by atoms with Gasteiger partial charge in [0.15, 0.2) is 11.5 Å². The molecule has 2 aromatic heterocycles. The molecule has 10 heteroatoms. The summed E-state index contributed by atoms with van der Waals surface area (Å²) in [5, 5.41) is 3.39. The lowest BCUT2D eigenvalue weighted by Crippen LogP contribution is -2.41. The predicted octanol–water partition coefficient (Wildman–Crippen LogP) is 2.80. The zero-order valence-electron chi connectivity index (χ0n) is 18.1. The average Bonchev–Trinajstić information content (AvgIpc) is 3.16. The first-order valence-electron chi connectivity index (χ1n) is 10.2. The number of carbonyl (C=O) groups excluding carboxylic acids is 2. The standard InChI is InChI=1S/C22H24N4O5S/c1-12-17-20(28)23-11-24-21(17)32-18(12)22(29)26-8-6-13(7-9-26)19(27)25-14-4-5-15(30-2)16(10-14)31-3/h4-5,10-11,13H,6-9H2,1-3H3,(H,25,27)(H,23,24,28). The molecule has 0 atom stereocenters. The molecule has 1 aliphatic heterocycles. The third-order valence-electron chi connectivity index (χ3n) is 5.73. The molecule has 1 aliphatic rings. The van der Waals surface area contributed by atoms with Crippen molar-refractivity contribution in [3.05, 3.63) is 45.3 Å². The van der Waals surface area contributed by atoms with Gasteiger partial charge in [-0.1, -0.05) is 0 Å². The Balaban J connectivity index is 1.40. The summed E-state index contributed by atoms with van der Waals surface area (Å²) in [4.78, 5) is 47.4. The molecule has 1 aromatic carbocycles. The molecule has 3 aromatic rings. The first kappa shape index (κ1) is 21.8. The van der Waals surface area contributed by atoms with E-state index in [1.165, 1.54) is 17.7 Å². The molecular weight excluding hydrogens is 432 g/mol. The highest BCUT2D eigenvalue weighted by Gasteiger charge is 2.30. The minimum Gasteiger partial charge on any atom is -0.493 e. The van der Waals surface area contributed by atoms with Gasteiger partial charge in [-0.2, -0.15) is 0 Å². The van der Waals surface area contributed by atoms with Gasteiger partial charge >= 0.3 is 0 Å². The van der Waals surface area contributed by atoms with Gasteiger partial charge in [-0.15, -0.1) is 11.3 Å². The second kappa shape index (κ2) is 8.99. The van der Waals surface area contributed by atoms with Crippen LogP contribution in [0.4, 0.5) is 5.69 Å². The number of ether oxygens (including phenoxy) is 2. The first-order valence-corrected chi connectivity index (χ1v) is 11.0. The Hall–Kier alpha value is -3.40. The molecule has 4 rings (SSSR count). The fraction of sp³-hybridized carbons (Fsp3) is 0.364. The topological polar surface area (TPSA) is 114 Å². The second-order valence-electron chi connectivity index (χ2n) is 7.59. The monoisotopic (exact) mass is 456 g/mol. The van der Waals surface area contributed by atoms with Gasteiger partial charge < -0.3 is 24.7 Å². The summed E-state index contributed by atoms with van der Waals surface area (Å²) in [6, 6.07) is 5.22. The number of nitrogens with one attached hydrogen (secondary N) is 2. The van der Waals surface area contributed by atoms with Gasteiger partial charge in [-0.05, 0) is 37.5 Å². The minimum absolute atomic E-state index is 0.0851. The number of rotatable bonds is 5. The van der Waals surface area contributed by atoms with Crippen LogP contribution in [0.3, 0.4) is 0 Å². The van der Waals surface area contributed by atoms with Gasteiger partial charge in [-0.25, -0.2) is 4.98 Å². The number of aromatic nitrogens is 2. The minimum atomic E-state index is -0.242. The summed E-state index contributed by atoms with van der Waals surface area (Å²) >= 11 is 1.23. The molecule has 0 spiro atoms. The van der Waals surface area contributed by atoms with Crippen molar-refractivity contribution in [2.75, 3.05) is 32.6 Å². The molecule has 1 saturated heterocycles. The maximum absolute atomic E-state index is 13.1. The van der Waals surface area contributed by atoms with Crippen molar-refractivity contribution in [2.45, 2.75) is 19.8 Å². The molecule has 0 unspecified atom stereocenters. The number of aromatic amines is 1. The fourth-order valence-corrected chi connectivity index (χ4v) is 5.05. The summed E-state index contributed by atoms with van der Waals surface area (Å²) in [6.07, 6.45) is 2.47. The van der Waals surface area contributed by atoms with E-state index in [4.69, 9.17) is 9.47 Å². The normalized spacial score (nSPS) is 14.4. The van der Waals surface area contributed by atoms with Gasteiger partial charge in [0.1, 0.15) is 4.83 Å². The van der Waals surface area contributed by atoms with Crippen molar-refractivity contribution in [1.29, 1.82) is 0 Å². The molecule has 2 N–H and O–H groups in total. The highest BCUT2D eigenvalue weighted by molar-refractivity contribution is 7.20. The number of anilines is 1. The van der Waals surface area contributed by atoms with Crippen molar-refractivity contribution in [3.8, 4) is 11.5 Å². The number of benzene rings is 1. The van der Waals surface area contributed by atoms with Gasteiger partial charge in [0.2, 0.25) is 5.91 Å². The van der Waals surface area contributed by atoms with Gasteiger partial charge in [0, 0.05) is 30.8 Å². The number of H-pyrrole nitrogens is 1. The Morgan fingerprint density at radius 1 is 1.19 bits per heavy atom. The number of likely N-dealkylation sites (tertiary alicyclic amines) is 1. The molecule has 0 saturated carbocycles. The Morgan fingerprint density at radius 2 is 1.91 bits per heavy atom. The van der Waals surface area contributed by atoms with Gasteiger partial charge in [0.05, 0.1) is 30.8 Å². The number of piperidine rings is 1. The van der Waals surface area contributed by atoms with Crippen LogP contribution in [0.1, 0.15) is 28.1 Å². The Kier molecular flexibility index (Phi) is 6.13. The highest BCUT2D eigenvalue weighted by Crippen LogP contribution is 2.31. The molecule has 0 bridgehead atoms. The van der Waals surface area contributed by atoms with Crippen LogP contribution in [0, 0.1) is 12.8 Å². The lowest BCUT2D eigenvalue weighted by atomic mass is 9.95. The van der Waals surface area contributed by atoms with Crippen molar-refractivity contribution in [3.63, 3.8) is 0 Å². The van der Waals surface area contributed by atoms with E-state index in [1.54, 1.807) is 44.2 Å². The van der Waals surface area contributed by atoms with Crippen molar-refractivity contribution in [2.24, 2.45) is 5.92 Å². The molecular formula is C22H24N4O5S. The van der Waals surface area contributed by atoms with Crippen LogP contribution in [0.2, 0.25) is 0 Å². The molecule has 32 heavy (non-hydrogen) atoms. The van der Waals surface area contributed by atoms with E-state index in [0.29, 0.717) is 63.8 Å². The maximum atomic E-state index is 13.1. The van der Waals surface area contributed by atoms with Crippen molar-refractivity contribution >= 4 is 39.1 Å². The van der Waals surface area contributed by atoms with E-state index in [9.17, 15) is 14.4 Å². The third-order valence-corrected chi connectivity index (χ3v) is 6.92. The number of methoxy groups -OCH3 is 2. The fourth-order valence-electron chi connectivity index (χ4n) is 3.93. The maximum Gasteiger partial charge on any atom is 0.264 e. The molecule has 3 heterocycles. The number of amides is 2. The van der Waals surface area contributed by atoms with E-state index in [0.717, 1.165) is 0 Å². The number of fused-ring (bicyclic) bond motifs is 1. The summed E-state index contributed by atoms with van der Waals surface area (Å²) in [5.41, 5.74) is 1.04. The number of nitrogens with zero attached hydrogens (tertiary/aromatic N) is 2. The number of aryl methyl sites for hydroxylation is 1. The van der Waals surface area contributed by atoms with Crippen LogP contribution in [-0.4, -0.2) is 54.0 Å². The van der Waals surface area contributed by atoms with E-state index in [-0.39, 0.29) is 23.3 Å². The third kappa shape index (κ3) is 4.05. The number of hydrogen-bond donors (Lipinski definition) is 2. The molecule has 168 valence electrons. The van der Waals surface area contributed by atoms with Gasteiger partial charge in [0.25, 0.3) is 11.5 Å². The Labute approximate surface area is 188 Å². The van der Waals surface area contributed by atoms with E-state index >= 15 is 0 Å². The van der Waals surface area contributed by atoms with Crippen molar-refractivity contribution < 1.29 is 19.1 Å². The molecule has 2 amide bonds. The smallest absolute Gasteiger partial charge is 0.264 e. The second-order valence-corrected chi connectivity index (χ2v) is 8.59. The highest BCUT2D eigenvalue weighted by atomic mass is 32.1. The lowest BCUT2D eigenvalue weighted by molar-refractivity contribution is -0.121. The van der Waals surface area contributed by atoms with Crippen LogP contribution in [0.5, 0.6) is 11.5 Å². The predicted molar refractivity (Wildman–Crippen MR) is 122 cm³/mol. The Bertz CT molecular complexity index is 1230. The molecule has 0 aliphatic carbocycles. The summed E-state index contributed by atoms with van der Waals surface area (Å²) in [7, 11) is 3.10. The Morgan fingerprint density at radius 3 is 2.56 bits per heavy atom. The number of carbonyl (C=O) groups is 2. The van der Waals surface area contributed by atoms with Crippen molar-refractivity contribution in [1.82, 2.24) is 14.9 Å². The van der Waals surface area contributed by atoms with E-state index < -0.39 is 0 Å². The van der Waals surface area contributed by atoms with Crippen LogP contribution in [-0.2, 0) is 4.79 Å². The summed E-state index contributed by atoms with van der Waals surface area (Å²) in [5.74, 6) is 0.727. The van der Waals surface area contributed by atoms with Crippen LogP contribution >= 0.6 is 11.3 Å². The lowest BCUT2D eigenvalue weighted by Gasteiger charge is -2.31. The molecule has 0 radical (unpaired) electrons.